The summed E-state index contributed by atoms with van der Waals surface area (Å²) in [4.78, 5) is 2.47. The molecule has 3 nitrogen and oxygen atoms in total. The fourth-order valence-electron chi connectivity index (χ4n) is 2.68. The first-order valence-corrected chi connectivity index (χ1v) is 7.79. The van der Waals surface area contributed by atoms with Crippen LogP contribution in [0.15, 0.2) is 30.5 Å². The Labute approximate surface area is 122 Å². The number of hydrogen-bond donors (Lipinski definition) is 1. The standard InChI is InChI=1S/C17H27N3/c1-4-18-14-15-8-7-9-17-16(15)10-11-20(17)13-12-19(5-2)6-3/h7-11,18H,4-6,12-14H2,1-3H3. The number of nitrogens with zero attached hydrogens (tertiary/aromatic N) is 2. The molecule has 1 aromatic heterocycles. The Kier molecular flexibility index (Phi) is 5.62. The van der Waals surface area contributed by atoms with E-state index in [4.69, 9.17) is 0 Å². The van der Waals surface area contributed by atoms with Gasteiger partial charge in [-0.05, 0) is 37.3 Å². The molecule has 1 aromatic carbocycles. The smallest absolute Gasteiger partial charge is 0.0483 e. The van der Waals surface area contributed by atoms with Crippen molar-refractivity contribution in [2.45, 2.75) is 33.9 Å². The van der Waals surface area contributed by atoms with E-state index >= 15 is 0 Å². The van der Waals surface area contributed by atoms with E-state index in [0.29, 0.717) is 0 Å². The van der Waals surface area contributed by atoms with Crippen molar-refractivity contribution in [2.75, 3.05) is 26.2 Å². The van der Waals surface area contributed by atoms with Crippen LogP contribution in [0.4, 0.5) is 0 Å². The molecule has 1 N–H and O–H groups in total. The van der Waals surface area contributed by atoms with Crippen LogP contribution in [0.3, 0.4) is 0 Å². The highest BCUT2D eigenvalue weighted by Gasteiger charge is 2.06. The summed E-state index contributed by atoms with van der Waals surface area (Å²) < 4.78 is 2.38. The average Bonchev–Trinajstić information content (AvgIpc) is 2.90. The fraction of sp³-hybridized carbons (Fsp3) is 0.529. The molecular weight excluding hydrogens is 246 g/mol. The molecule has 110 valence electrons. The molecule has 0 spiro atoms. The molecule has 0 atom stereocenters. The molecule has 0 radical (unpaired) electrons. The lowest BCUT2D eigenvalue weighted by molar-refractivity contribution is 0.292. The fourth-order valence-corrected chi connectivity index (χ4v) is 2.68. The van der Waals surface area contributed by atoms with Crippen LogP contribution in [0.2, 0.25) is 0 Å². The first-order valence-electron chi connectivity index (χ1n) is 7.79. The van der Waals surface area contributed by atoms with Crippen LogP contribution in [0.1, 0.15) is 26.3 Å². The lowest BCUT2D eigenvalue weighted by atomic mass is 10.1. The van der Waals surface area contributed by atoms with E-state index in [0.717, 1.165) is 39.3 Å². The molecule has 0 aliphatic rings. The summed E-state index contributed by atoms with van der Waals surface area (Å²) in [5.41, 5.74) is 2.75. The second-order valence-corrected chi connectivity index (χ2v) is 5.17. The SMILES string of the molecule is CCNCc1cccc2c1ccn2CCN(CC)CC. The first kappa shape index (κ1) is 15.1. The molecule has 20 heavy (non-hydrogen) atoms. The molecule has 2 rings (SSSR count). The van der Waals surface area contributed by atoms with Crippen LogP contribution < -0.4 is 5.32 Å². The monoisotopic (exact) mass is 273 g/mol. The van der Waals surface area contributed by atoms with Gasteiger partial charge in [-0.25, -0.2) is 0 Å². The molecule has 0 aliphatic carbocycles. The van der Waals surface area contributed by atoms with E-state index in [9.17, 15) is 0 Å². The summed E-state index contributed by atoms with van der Waals surface area (Å²) in [5, 5.41) is 4.80. The number of fused-ring (bicyclic) bond motifs is 1. The van der Waals surface area contributed by atoms with Crippen molar-refractivity contribution < 1.29 is 0 Å². The Morgan fingerprint density at radius 1 is 1.10 bits per heavy atom. The van der Waals surface area contributed by atoms with E-state index in [2.05, 4.69) is 66.0 Å². The van der Waals surface area contributed by atoms with Crippen molar-refractivity contribution in [2.24, 2.45) is 0 Å². The van der Waals surface area contributed by atoms with Crippen molar-refractivity contribution in [3.63, 3.8) is 0 Å². The normalized spacial score (nSPS) is 11.6. The third-order valence-corrected chi connectivity index (χ3v) is 4.02. The minimum absolute atomic E-state index is 0.952. The van der Waals surface area contributed by atoms with Crippen molar-refractivity contribution >= 4 is 10.9 Å². The topological polar surface area (TPSA) is 20.2 Å². The minimum Gasteiger partial charge on any atom is -0.346 e. The second kappa shape index (κ2) is 7.46. The van der Waals surface area contributed by atoms with Crippen molar-refractivity contribution in [1.29, 1.82) is 0 Å². The number of rotatable bonds is 8. The van der Waals surface area contributed by atoms with E-state index in [1.807, 2.05) is 0 Å². The molecule has 0 amide bonds. The van der Waals surface area contributed by atoms with Gasteiger partial charge in [0.1, 0.15) is 0 Å². The predicted molar refractivity (Wildman–Crippen MR) is 87.1 cm³/mol. The van der Waals surface area contributed by atoms with Gasteiger partial charge in [-0.15, -0.1) is 0 Å². The molecule has 0 fully saturated rings. The second-order valence-electron chi connectivity index (χ2n) is 5.17. The van der Waals surface area contributed by atoms with Gasteiger partial charge in [0.05, 0.1) is 0 Å². The van der Waals surface area contributed by atoms with Gasteiger partial charge in [-0.3, -0.25) is 0 Å². The van der Waals surface area contributed by atoms with E-state index in [1.54, 1.807) is 0 Å². The highest BCUT2D eigenvalue weighted by Crippen LogP contribution is 2.20. The van der Waals surface area contributed by atoms with E-state index < -0.39 is 0 Å². The van der Waals surface area contributed by atoms with Gasteiger partial charge in [-0.2, -0.15) is 0 Å². The largest absolute Gasteiger partial charge is 0.346 e. The molecule has 0 aliphatic heterocycles. The summed E-state index contributed by atoms with van der Waals surface area (Å²) in [6, 6.07) is 8.87. The zero-order chi connectivity index (χ0) is 14.4. The van der Waals surface area contributed by atoms with Gasteiger partial charge in [0.25, 0.3) is 0 Å². The van der Waals surface area contributed by atoms with Gasteiger partial charge in [0, 0.05) is 36.7 Å². The highest BCUT2D eigenvalue weighted by atomic mass is 15.1. The van der Waals surface area contributed by atoms with Crippen molar-refractivity contribution in [3.05, 3.63) is 36.0 Å². The molecule has 0 unspecified atom stereocenters. The summed E-state index contributed by atoms with van der Waals surface area (Å²) in [5.74, 6) is 0. The number of aromatic nitrogens is 1. The lowest BCUT2D eigenvalue weighted by Gasteiger charge is -2.18. The van der Waals surface area contributed by atoms with Crippen LogP contribution in [-0.2, 0) is 13.1 Å². The highest BCUT2D eigenvalue weighted by molar-refractivity contribution is 5.83. The Morgan fingerprint density at radius 3 is 2.60 bits per heavy atom. The first-order chi connectivity index (χ1) is 9.80. The Balaban J connectivity index is 2.15. The van der Waals surface area contributed by atoms with Crippen LogP contribution in [0.5, 0.6) is 0 Å². The average molecular weight is 273 g/mol. The molecule has 3 heteroatoms. The summed E-state index contributed by atoms with van der Waals surface area (Å²) in [6.07, 6.45) is 2.23. The van der Waals surface area contributed by atoms with E-state index in [1.165, 1.54) is 16.5 Å². The number of likely N-dealkylation sites (N-methyl/N-ethyl adjacent to an activating group) is 1. The van der Waals surface area contributed by atoms with Crippen LogP contribution >= 0.6 is 0 Å². The molecule has 2 aromatic rings. The van der Waals surface area contributed by atoms with Crippen LogP contribution in [0.25, 0.3) is 10.9 Å². The Morgan fingerprint density at radius 2 is 1.90 bits per heavy atom. The maximum atomic E-state index is 3.42. The van der Waals surface area contributed by atoms with Gasteiger partial charge >= 0.3 is 0 Å². The van der Waals surface area contributed by atoms with Crippen LogP contribution in [0, 0.1) is 0 Å². The quantitative estimate of drug-likeness (QED) is 0.797. The zero-order valence-electron chi connectivity index (χ0n) is 13.0. The van der Waals surface area contributed by atoms with Gasteiger partial charge < -0.3 is 14.8 Å². The zero-order valence-corrected chi connectivity index (χ0v) is 13.0. The molecule has 1 heterocycles. The van der Waals surface area contributed by atoms with Crippen molar-refractivity contribution in [1.82, 2.24) is 14.8 Å². The Bertz CT molecular complexity index is 526. The predicted octanol–water partition coefficient (Wildman–Crippen LogP) is 3.09. The minimum atomic E-state index is 0.952. The summed E-state index contributed by atoms with van der Waals surface area (Å²) in [6.45, 7) is 13.0. The van der Waals surface area contributed by atoms with Crippen molar-refractivity contribution in [3.8, 4) is 0 Å². The Hall–Kier alpha value is -1.32. The number of hydrogen-bond acceptors (Lipinski definition) is 2. The third kappa shape index (κ3) is 3.41. The molecule has 0 saturated carbocycles. The molecule has 0 saturated heterocycles. The van der Waals surface area contributed by atoms with E-state index in [-0.39, 0.29) is 0 Å². The third-order valence-electron chi connectivity index (χ3n) is 4.02. The van der Waals surface area contributed by atoms with Gasteiger partial charge in [0.2, 0.25) is 0 Å². The molecule has 0 bridgehead atoms. The summed E-state index contributed by atoms with van der Waals surface area (Å²) in [7, 11) is 0. The maximum Gasteiger partial charge on any atom is 0.0483 e. The van der Waals surface area contributed by atoms with Crippen LogP contribution in [-0.4, -0.2) is 35.6 Å². The summed E-state index contributed by atoms with van der Waals surface area (Å²) >= 11 is 0. The lowest BCUT2D eigenvalue weighted by Crippen LogP contribution is -2.26. The number of nitrogens with one attached hydrogen (secondary N) is 1. The number of benzene rings is 1. The van der Waals surface area contributed by atoms with Gasteiger partial charge in [0.15, 0.2) is 0 Å². The molecular formula is C17H27N3. The van der Waals surface area contributed by atoms with Gasteiger partial charge in [-0.1, -0.05) is 32.9 Å². The maximum absolute atomic E-state index is 3.42.